The fourth-order valence-electron chi connectivity index (χ4n) is 3.80. The summed E-state index contributed by atoms with van der Waals surface area (Å²) in [7, 11) is 3.20. The van der Waals surface area contributed by atoms with Crippen molar-refractivity contribution in [2.45, 2.75) is 19.3 Å². The zero-order valence-corrected chi connectivity index (χ0v) is 18.3. The van der Waals surface area contributed by atoms with Crippen molar-refractivity contribution in [1.82, 2.24) is 5.32 Å². The summed E-state index contributed by atoms with van der Waals surface area (Å²) < 4.78 is 10.9. The van der Waals surface area contributed by atoms with Crippen molar-refractivity contribution >= 4 is 28.8 Å². The Hall–Kier alpha value is -3.93. The van der Waals surface area contributed by atoms with Gasteiger partial charge in [0.15, 0.2) is 11.5 Å². The Labute approximate surface area is 187 Å². The number of methoxy groups -OCH3 is 2. The molecule has 0 aromatic heterocycles. The van der Waals surface area contributed by atoms with Crippen molar-refractivity contribution in [2.75, 3.05) is 14.2 Å². The molecule has 3 aromatic carbocycles. The minimum atomic E-state index is -0.345. The summed E-state index contributed by atoms with van der Waals surface area (Å²) in [6.45, 7) is 1.95. The van der Waals surface area contributed by atoms with Crippen molar-refractivity contribution in [2.24, 2.45) is 9.98 Å². The van der Waals surface area contributed by atoms with E-state index in [4.69, 9.17) is 19.5 Å². The molecular formula is C26H25N3O3. The molecule has 3 aromatic rings. The monoisotopic (exact) mass is 427 g/mol. The zero-order chi connectivity index (χ0) is 22.5. The van der Waals surface area contributed by atoms with E-state index in [1.807, 2.05) is 79.7 Å². The van der Waals surface area contributed by atoms with Gasteiger partial charge < -0.3 is 14.8 Å². The van der Waals surface area contributed by atoms with E-state index in [0.29, 0.717) is 23.0 Å². The Morgan fingerprint density at radius 2 is 1.53 bits per heavy atom. The van der Waals surface area contributed by atoms with Gasteiger partial charge in [0, 0.05) is 5.71 Å². The van der Waals surface area contributed by atoms with Gasteiger partial charge in [-0.05, 0) is 42.3 Å². The SMILES string of the molecule is COc1ccc([C@H]2C(C)=Nc3ccccc3N=C2NC(=O)Cc2ccccc2)cc1OC. The highest BCUT2D eigenvalue weighted by Crippen LogP contribution is 2.36. The number of hydrogen-bond donors (Lipinski definition) is 1. The number of hydrogen-bond acceptors (Lipinski definition) is 5. The number of amidine groups is 1. The van der Waals surface area contributed by atoms with E-state index in [1.54, 1.807) is 14.2 Å². The lowest BCUT2D eigenvalue weighted by atomic mass is 9.92. The molecule has 1 aliphatic rings. The van der Waals surface area contributed by atoms with Crippen LogP contribution in [0.1, 0.15) is 24.0 Å². The number of carbonyl (C=O) groups is 1. The molecule has 4 rings (SSSR count). The lowest BCUT2D eigenvalue weighted by molar-refractivity contribution is -0.119. The maximum absolute atomic E-state index is 12.9. The van der Waals surface area contributed by atoms with Crippen LogP contribution in [0, 0.1) is 0 Å². The summed E-state index contributed by atoms with van der Waals surface area (Å²) in [5.74, 6) is 1.29. The quantitative estimate of drug-likeness (QED) is 0.624. The van der Waals surface area contributed by atoms with Crippen molar-refractivity contribution in [3.05, 3.63) is 83.9 Å². The molecule has 0 radical (unpaired) electrons. The zero-order valence-electron chi connectivity index (χ0n) is 18.3. The topological polar surface area (TPSA) is 72.3 Å². The van der Waals surface area contributed by atoms with Gasteiger partial charge in [-0.1, -0.05) is 48.5 Å². The molecule has 6 nitrogen and oxygen atoms in total. The average molecular weight is 428 g/mol. The fraction of sp³-hybridized carbons (Fsp3) is 0.192. The second-order valence-corrected chi connectivity index (χ2v) is 7.50. The van der Waals surface area contributed by atoms with Crippen LogP contribution >= 0.6 is 0 Å². The molecule has 0 bridgehead atoms. The van der Waals surface area contributed by atoms with Gasteiger partial charge >= 0.3 is 0 Å². The van der Waals surface area contributed by atoms with E-state index in [-0.39, 0.29) is 18.2 Å². The number of nitrogens with one attached hydrogen (secondary N) is 1. The Bertz CT molecular complexity index is 1190. The van der Waals surface area contributed by atoms with Gasteiger partial charge in [0.05, 0.1) is 37.9 Å². The molecule has 6 heteroatoms. The van der Waals surface area contributed by atoms with Gasteiger partial charge in [-0.25, -0.2) is 4.99 Å². The average Bonchev–Trinajstić information content (AvgIpc) is 2.94. The van der Waals surface area contributed by atoms with Gasteiger partial charge in [-0.2, -0.15) is 0 Å². The first-order valence-corrected chi connectivity index (χ1v) is 10.4. The molecule has 1 heterocycles. The summed E-state index contributed by atoms with van der Waals surface area (Å²) in [5, 5.41) is 3.05. The van der Waals surface area contributed by atoms with E-state index in [1.165, 1.54) is 0 Å². The maximum Gasteiger partial charge on any atom is 0.229 e. The van der Waals surface area contributed by atoms with Gasteiger partial charge in [0.25, 0.3) is 0 Å². The maximum atomic E-state index is 12.9. The Kier molecular flexibility index (Phi) is 6.31. The number of benzene rings is 3. The molecule has 0 saturated heterocycles. The third-order valence-corrected chi connectivity index (χ3v) is 5.33. The second kappa shape index (κ2) is 9.47. The molecule has 1 amide bonds. The first-order valence-electron chi connectivity index (χ1n) is 10.4. The summed E-state index contributed by atoms with van der Waals surface area (Å²) in [5.41, 5.74) is 4.14. The first-order chi connectivity index (χ1) is 15.6. The van der Waals surface area contributed by atoms with Gasteiger partial charge in [0.1, 0.15) is 5.84 Å². The standard InChI is InChI=1S/C26H25N3O3/c1-17-25(19-13-14-22(31-2)23(16-19)32-3)26(28-21-12-8-7-11-20(21)27-17)29-24(30)15-18-9-5-4-6-10-18/h4-14,16,25H,15H2,1-3H3,(H,28,29,30)/t25-/m1/s1. The van der Waals surface area contributed by atoms with Gasteiger partial charge in [-0.3, -0.25) is 9.79 Å². The Morgan fingerprint density at radius 3 is 2.22 bits per heavy atom. The highest BCUT2D eigenvalue weighted by Gasteiger charge is 2.27. The molecule has 1 atom stereocenters. The highest BCUT2D eigenvalue weighted by molar-refractivity contribution is 6.17. The fourth-order valence-corrected chi connectivity index (χ4v) is 3.80. The van der Waals surface area contributed by atoms with Crippen LogP contribution in [0.15, 0.2) is 82.8 Å². The van der Waals surface area contributed by atoms with Crippen LogP contribution in [0.4, 0.5) is 11.4 Å². The lowest BCUT2D eigenvalue weighted by Gasteiger charge is -2.20. The molecular weight excluding hydrogens is 402 g/mol. The van der Waals surface area contributed by atoms with Crippen LogP contribution in [-0.2, 0) is 11.2 Å². The number of nitrogens with zero attached hydrogens (tertiary/aromatic N) is 2. The molecule has 0 fully saturated rings. The highest BCUT2D eigenvalue weighted by atomic mass is 16.5. The smallest absolute Gasteiger partial charge is 0.229 e. The van der Waals surface area contributed by atoms with Crippen LogP contribution in [0.2, 0.25) is 0 Å². The van der Waals surface area contributed by atoms with Crippen LogP contribution in [0.25, 0.3) is 0 Å². The number of amides is 1. The summed E-state index contributed by atoms with van der Waals surface area (Å²) in [4.78, 5) is 22.6. The molecule has 0 saturated carbocycles. The Balaban J connectivity index is 1.75. The summed E-state index contributed by atoms with van der Waals surface area (Å²) in [6, 6.07) is 23.0. The summed E-state index contributed by atoms with van der Waals surface area (Å²) in [6.07, 6.45) is 0.260. The molecule has 1 aliphatic heterocycles. The number of para-hydroxylation sites is 2. The Morgan fingerprint density at radius 1 is 0.875 bits per heavy atom. The van der Waals surface area contributed by atoms with Gasteiger partial charge in [0.2, 0.25) is 5.91 Å². The van der Waals surface area contributed by atoms with Crippen molar-refractivity contribution in [3.8, 4) is 11.5 Å². The predicted octanol–water partition coefficient (Wildman–Crippen LogP) is 4.98. The van der Waals surface area contributed by atoms with Crippen LogP contribution in [-0.4, -0.2) is 31.7 Å². The second-order valence-electron chi connectivity index (χ2n) is 7.50. The lowest BCUT2D eigenvalue weighted by Crippen LogP contribution is -2.38. The van der Waals surface area contributed by atoms with E-state index in [0.717, 1.165) is 22.5 Å². The molecule has 0 unspecified atom stereocenters. The van der Waals surface area contributed by atoms with Crippen LogP contribution < -0.4 is 14.8 Å². The van der Waals surface area contributed by atoms with Crippen molar-refractivity contribution < 1.29 is 14.3 Å². The number of carbonyl (C=O) groups excluding carboxylic acids is 1. The minimum absolute atomic E-state index is 0.132. The number of fused-ring (bicyclic) bond motifs is 1. The van der Waals surface area contributed by atoms with E-state index >= 15 is 0 Å². The van der Waals surface area contributed by atoms with E-state index < -0.39 is 0 Å². The van der Waals surface area contributed by atoms with Crippen LogP contribution in [0.3, 0.4) is 0 Å². The van der Waals surface area contributed by atoms with Crippen molar-refractivity contribution in [3.63, 3.8) is 0 Å². The minimum Gasteiger partial charge on any atom is -0.493 e. The molecule has 162 valence electrons. The summed E-state index contributed by atoms with van der Waals surface area (Å²) >= 11 is 0. The normalized spacial score (nSPS) is 15.0. The molecule has 1 N–H and O–H groups in total. The third-order valence-electron chi connectivity index (χ3n) is 5.33. The number of rotatable bonds is 5. The molecule has 0 aliphatic carbocycles. The van der Waals surface area contributed by atoms with Crippen LogP contribution in [0.5, 0.6) is 11.5 Å². The van der Waals surface area contributed by atoms with E-state index in [2.05, 4.69) is 5.32 Å². The first kappa shape index (κ1) is 21.3. The van der Waals surface area contributed by atoms with Gasteiger partial charge in [-0.15, -0.1) is 0 Å². The van der Waals surface area contributed by atoms with E-state index in [9.17, 15) is 4.79 Å². The molecule has 0 spiro atoms. The van der Waals surface area contributed by atoms with Crippen molar-refractivity contribution in [1.29, 1.82) is 0 Å². The third kappa shape index (κ3) is 4.54. The predicted molar refractivity (Wildman–Crippen MR) is 127 cm³/mol. The largest absolute Gasteiger partial charge is 0.493 e. The number of ether oxygens (including phenoxy) is 2. The molecule has 32 heavy (non-hydrogen) atoms. The number of aliphatic imine (C=N–C) groups is 2.